The van der Waals surface area contributed by atoms with E-state index in [-0.39, 0.29) is 18.5 Å². The lowest BCUT2D eigenvalue weighted by Gasteiger charge is -2.58. The first kappa shape index (κ1) is 18.2. The van der Waals surface area contributed by atoms with Gasteiger partial charge >= 0.3 is 5.97 Å². The zero-order valence-corrected chi connectivity index (χ0v) is 16.7. The van der Waals surface area contributed by atoms with E-state index in [4.69, 9.17) is 4.74 Å². The van der Waals surface area contributed by atoms with Crippen LogP contribution >= 0.6 is 0 Å². The van der Waals surface area contributed by atoms with E-state index in [0.717, 1.165) is 29.9 Å². The fourth-order valence-corrected chi connectivity index (χ4v) is 7.70. The molecular weight excluding hydrogens is 356 g/mol. The first-order valence-corrected chi connectivity index (χ1v) is 10.1. The Morgan fingerprint density at radius 1 is 1.43 bits per heavy atom. The molecule has 0 radical (unpaired) electrons. The number of carbonyl (C=O) groups excluding carboxylic acids is 1. The number of para-hydroxylation sites is 1. The summed E-state index contributed by atoms with van der Waals surface area (Å²) in [6, 6.07) is 8.04. The van der Waals surface area contributed by atoms with E-state index in [1.807, 2.05) is 25.1 Å². The lowest BCUT2D eigenvalue weighted by Crippen LogP contribution is -2.78. The third-order valence-electron chi connectivity index (χ3n) is 8.64. The van der Waals surface area contributed by atoms with Crippen LogP contribution in [-0.2, 0) is 14.9 Å². The minimum atomic E-state index is -1.13. The average molecular weight is 385 g/mol. The molecule has 1 aromatic rings. The second-order valence-electron chi connectivity index (χ2n) is 9.16. The number of quaternary nitrogens is 1. The number of nitrogens with one attached hydrogen (secondary N) is 1. The smallest absolute Gasteiger partial charge is 0.316 e. The van der Waals surface area contributed by atoms with E-state index in [1.54, 1.807) is 0 Å². The summed E-state index contributed by atoms with van der Waals surface area (Å²) < 4.78 is 5.98. The highest BCUT2D eigenvalue weighted by Gasteiger charge is 2.88. The van der Waals surface area contributed by atoms with Crippen LogP contribution in [0, 0.1) is 11.3 Å². The van der Waals surface area contributed by atoms with Gasteiger partial charge in [-0.2, -0.15) is 0 Å². The van der Waals surface area contributed by atoms with Gasteiger partial charge in [0.05, 0.1) is 32.7 Å². The zero-order valence-electron chi connectivity index (χ0n) is 16.7. The van der Waals surface area contributed by atoms with Crippen LogP contribution in [0.2, 0.25) is 0 Å². The van der Waals surface area contributed by atoms with Crippen molar-refractivity contribution in [3.05, 3.63) is 41.5 Å². The normalized spacial score (nSPS) is 46.7. The predicted molar refractivity (Wildman–Crippen MR) is 104 cm³/mol. The summed E-state index contributed by atoms with van der Waals surface area (Å²) in [5.74, 6) is -0.629. The van der Waals surface area contributed by atoms with Gasteiger partial charge in [0.15, 0.2) is 0 Å². The van der Waals surface area contributed by atoms with Gasteiger partial charge in [0, 0.05) is 18.0 Å². The van der Waals surface area contributed by atoms with Crippen LogP contribution in [0.1, 0.15) is 25.3 Å². The number of rotatable bonds is 2. The largest absolute Gasteiger partial charge is 0.468 e. The number of benzene rings is 1. The van der Waals surface area contributed by atoms with Crippen LogP contribution in [0.15, 0.2) is 35.9 Å². The molecule has 150 valence electrons. The molecule has 3 N–H and O–H groups in total. The SMILES string of the molecule is C/C=C1/C[N+]2(C)CC[C@@]34c5ccccc5NC32[C@@H](O)C[C@@H]1[C@@]4(CO)C(=O)OC. The first-order chi connectivity index (χ1) is 13.4. The maximum atomic E-state index is 13.5. The zero-order chi connectivity index (χ0) is 19.9. The van der Waals surface area contributed by atoms with Gasteiger partial charge < -0.3 is 20.3 Å². The number of carbonyl (C=O) groups is 1. The van der Waals surface area contributed by atoms with Crippen LogP contribution in [-0.4, -0.2) is 66.3 Å². The number of aliphatic hydroxyl groups excluding tert-OH is 2. The highest BCUT2D eigenvalue weighted by Crippen LogP contribution is 2.74. The highest BCUT2D eigenvalue weighted by molar-refractivity contribution is 5.85. The number of methoxy groups -OCH3 is 1. The Balaban J connectivity index is 1.96. The summed E-state index contributed by atoms with van der Waals surface area (Å²) in [4.78, 5) is 13.5. The number of anilines is 1. The van der Waals surface area contributed by atoms with E-state index in [2.05, 4.69) is 24.5 Å². The fourth-order valence-electron chi connectivity index (χ4n) is 7.70. The van der Waals surface area contributed by atoms with Crippen molar-refractivity contribution in [1.29, 1.82) is 0 Å². The number of ether oxygens (including phenoxy) is 1. The Morgan fingerprint density at radius 3 is 2.86 bits per heavy atom. The molecule has 1 saturated carbocycles. The van der Waals surface area contributed by atoms with Crippen molar-refractivity contribution in [3.8, 4) is 0 Å². The molecular formula is C22H29N2O4+. The number of likely N-dealkylation sites (N-methyl/N-ethyl adjacent to an activating group) is 1. The molecule has 6 atom stereocenters. The number of esters is 1. The van der Waals surface area contributed by atoms with E-state index in [0.29, 0.717) is 17.3 Å². The topological polar surface area (TPSA) is 78.8 Å². The van der Waals surface area contributed by atoms with E-state index in [9.17, 15) is 15.0 Å². The van der Waals surface area contributed by atoms with Crippen LogP contribution in [0.4, 0.5) is 5.69 Å². The van der Waals surface area contributed by atoms with E-state index in [1.165, 1.54) is 7.11 Å². The first-order valence-electron chi connectivity index (χ1n) is 10.1. The average Bonchev–Trinajstić information content (AvgIpc) is 3.12. The minimum absolute atomic E-state index is 0.258. The number of allylic oxidation sites excluding steroid dienone is 1. The standard InChI is InChI=1S/C22H29N2O4/c1-4-14-12-24(2)10-9-21-15-7-5-6-8-17(15)23-22(21,24)18(26)11-16(14)20(21,13-25)19(27)28-3/h4-8,16,18,23,25-26H,9-13H2,1-3H3/q+1/b14-4-/t16-,18-,20-,21-,22?,24?/m0/s1. The van der Waals surface area contributed by atoms with Gasteiger partial charge in [0.25, 0.3) is 0 Å². The molecule has 6 nitrogen and oxygen atoms in total. The van der Waals surface area contributed by atoms with Gasteiger partial charge in [-0.15, -0.1) is 0 Å². The Labute approximate surface area is 165 Å². The molecule has 4 bridgehead atoms. The maximum absolute atomic E-state index is 13.5. The Hall–Kier alpha value is -1.89. The van der Waals surface area contributed by atoms with Crippen LogP contribution in [0.25, 0.3) is 0 Å². The lowest BCUT2D eigenvalue weighted by molar-refractivity contribution is -0.944. The molecule has 5 aliphatic rings. The molecule has 1 spiro atoms. The van der Waals surface area contributed by atoms with Gasteiger partial charge in [0.2, 0.25) is 5.66 Å². The molecule has 1 aliphatic carbocycles. The molecule has 0 amide bonds. The molecule has 2 unspecified atom stereocenters. The number of nitrogens with zero attached hydrogens (tertiary/aromatic N) is 1. The third kappa shape index (κ3) is 1.52. The van der Waals surface area contributed by atoms with Crippen molar-refractivity contribution in [2.45, 2.75) is 36.9 Å². The van der Waals surface area contributed by atoms with Crippen molar-refractivity contribution in [3.63, 3.8) is 0 Å². The van der Waals surface area contributed by atoms with E-state index < -0.39 is 22.6 Å². The fraction of sp³-hybridized carbons (Fsp3) is 0.591. The van der Waals surface area contributed by atoms with Gasteiger partial charge in [-0.05, 0) is 30.5 Å². The molecule has 4 heterocycles. The lowest BCUT2D eigenvalue weighted by atomic mass is 9.45. The van der Waals surface area contributed by atoms with Crippen LogP contribution in [0.3, 0.4) is 0 Å². The second-order valence-corrected chi connectivity index (χ2v) is 9.16. The van der Waals surface area contributed by atoms with Gasteiger partial charge in [-0.25, -0.2) is 0 Å². The van der Waals surface area contributed by atoms with Crippen molar-refractivity contribution < 1.29 is 24.2 Å². The summed E-state index contributed by atoms with van der Waals surface area (Å²) in [5.41, 5.74) is 0.476. The molecule has 1 aromatic carbocycles. The molecule has 4 fully saturated rings. The van der Waals surface area contributed by atoms with Crippen molar-refractivity contribution in [2.75, 3.05) is 39.2 Å². The van der Waals surface area contributed by atoms with E-state index >= 15 is 0 Å². The van der Waals surface area contributed by atoms with Crippen molar-refractivity contribution >= 4 is 11.7 Å². The summed E-state index contributed by atoms with van der Waals surface area (Å²) in [5, 5.41) is 26.2. The summed E-state index contributed by atoms with van der Waals surface area (Å²) in [6.07, 6.45) is 2.59. The second kappa shape index (κ2) is 5.38. The van der Waals surface area contributed by atoms with Crippen LogP contribution in [0.5, 0.6) is 0 Å². The van der Waals surface area contributed by atoms with Gasteiger partial charge in [0.1, 0.15) is 18.1 Å². The highest BCUT2D eigenvalue weighted by atomic mass is 16.5. The Kier molecular flexibility index (Phi) is 3.49. The number of hydrogen-bond donors (Lipinski definition) is 3. The summed E-state index contributed by atoms with van der Waals surface area (Å²) in [6.45, 7) is 3.26. The molecule has 28 heavy (non-hydrogen) atoms. The van der Waals surface area contributed by atoms with Crippen LogP contribution < -0.4 is 5.32 Å². The van der Waals surface area contributed by atoms with Crippen molar-refractivity contribution in [1.82, 2.24) is 0 Å². The number of aliphatic hydroxyl groups is 2. The number of fused-ring (bicyclic) bond motifs is 3. The Bertz CT molecular complexity index is 900. The Morgan fingerprint density at radius 2 is 2.18 bits per heavy atom. The molecule has 4 aliphatic heterocycles. The quantitative estimate of drug-likeness (QED) is 0.407. The molecule has 6 rings (SSSR count). The van der Waals surface area contributed by atoms with Gasteiger partial charge in [-0.3, -0.25) is 9.28 Å². The summed E-state index contributed by atoms with van der Waals surface area (Å²) in [7, 11) is 3.59. The number of hydrogen-bond acceptors (Lipinski definition) is 5. The third-order valence-corrected chi connectivity index (χ3v) is 8.64. The monoisotopic (exact) mass is 385 g/mol. The maximum Gasteiger partial charge on any atom is 0.316 e. The molecule has 6 heteroatoms. The molecule has 0 aromatic heterocycles. The van der Waals surface area contributed by atoms with Crippen molar-refractivity contribution in [2.24, 2.45) is 11.3 Å². The molecule has 3 saturated heterocycles. The minimum Gasteiger partial charge on any atom is -0.468 e. The summed E-state index contributed by atoms with van der Waals surface area (Å²) >= 11 is 0. The predicted octanol–water partition coefficient (Wildman–Crippen LogP) is 1.39. The van der Waals surface area contributed by atoms with Gasteiger partial charge in [-0.1, -0.05) is 24.3 Å².